The van der Waals surface area contributed by atoms with Crippen molar-refractivity contribution in [1.82, 2.24) is 9.88 Å². The molecule has 33 heavy (non-hydrogen) atoms. The Bertz CT molecular complexity index is 1270. The monoisotopic (exact) mass is 485 g/mol. The lowest BCUT2D eigenvalue weighted by Gasteiger charge is -2.38. The predicted octanol–water partition coefficient (Wildman–Crippen LogP) is 4.49. The second kappa shape index (κ2) is 9.69. The van der Waals surface area contributed by atoms with Crippen LogP contribution in [0.1, 0.15) is 25.0 Å². The number of rotatable bonds is 6. The van der Waals surface area contributed by atoms with Crippen molar-refractivity contribution in [2.45, 2.75) is 37.1 Å². The second-order valence-electron chi connectivity index (χ2n) is 8.57. The number of aryl methyl sites for hydroxylation is 1. The summed E-state index contributed by atoms with van der Waals surface area (Å²) in [4.78, 5) is 21.3. The summed E-state index contributed by atoms with van der Waals surface area (Å²) < 4.78 is 25.8. The molecule has 1 saturated heterocycles. The van der Waals surface area contributed by atoms with Crippen LogP contribution in [0.2, 0.25) is 5.02 Å². The number of amides is 1. The van der Waals surface area contributed by atoms with Gasteiger partial charge in [0.25, 0.3) is 0 Å². The number of aromatic nitrogens is 1. The predicted molar refractivity (Wildman–Crippen MR) is 133 cm³/mol. The number of hydrogen-bond acceptors (Lipinski definition) is 5. The first-order valence-electron chi connectivity index (χ1n) is 11.1. The highest BCUT2D eigenvalue weighted by Crippen LogP contribution is 2.27. The van der Waals surface area contributed by atoms with E-state index < -0.39 is 9.84 Å². The molecule has 0 saturated carbocycles. The summed E-state index contributed by atoms with van der Waals surface area (Å²) in [5, 5.41) is 2.16. The van der Waals surface area contributed by atoms with Crippen LogP contribution < -0.4 is 4.90 Å². The third-order valence-electron chi connectivity index (χ3n) is 6.39. The molecule has 0 aliphatic carbocycles. The molecule has 2 aromatic carbocycles. The number of sulfone groups is 1. The van der Waals surface area contributed by atoms with Crippen molar-refractivity contribution in [2.75, 3.05) is 30.8 Å². The number of pyridine rings is 1. The zero-order valence-electron chi connectivity index (χ0n) is 18.9. The van der Waals surface area contributed by atoms with Crippen LogP contribution in [0.5, 0.6) is 0 Å². The highest BCUT2D eigenvalue weighted by atomic mass is 35.5. The molecule has 1 amide bonds. The van der Waals surface area contributed by atoms with Crippen LogP contribution in [0.25, 0.3) is 10.8 Å². The fourth-order valence-electron chi connectivity index (χ4n) is 4.37. The van der Waals surface area contributed by atoms with E-state index in [9.17, 15) is 13.2 Å². The molecule has 0 bridgehead atoms. The van der Waals surface area contributed by atoms with Gasteiger partial charge in [0.1, 0.15) is 0 Å². The fourth-order valence-corrected chi connectivity index (χ4v) is 5.88. The maximum atomic E-state index is 12.9. The van der Waals surface area contributed by atoms with Crippen molar-refractivity contribution in [3.05, 3.63) is 65.4 Å². The largest absolute Gasteiger partial charge is 0.371 e. The SMILES string of the molecule is Cc1cc(N2CCC(N(C)C(=O)CCS(=O)(=O)c3ccc4c(Cl)cccc4c3)CC2)ccn1. The van der Waals surface area contributed by atoms with Crippen molar-refractivity contribution in [1.29, 1.82) is 0 Å². The first kappa shape index (κ1) is 23.5. The van der Waals surface area contributed by atoms with Gasteiger partial charge in [-0.1, -0.05) is 29.8 Å². The van der Waals surface area contributed by atoms with Crippen LogP contribution in [0.4, 0.5) is 5.69 Å². The number of nitrogens with zero attached hydrogens (tertiary/aromatic N) is 3. The van der Waals surface area contributed by atoms with Crippen molar-refractivity contribution >= 4 is 43.8 Å². The zero-order valence-corrected chi connectivity index (χ0v) is 20.4. The van der Waals surface area contributed by atoms with Crippen LogP contribution in [0.3, 0.4) is 0 Å². The van der Waals surface area contributed by atoms with Crippen molar-refractivity contribution in [3.8, 4) is 0 Å². The summed E-state index contributed by atoms with van der Waals surface area (Å²) in [7, 11) is -1.80. The number of hydrogen-bond donors (Lipinski definition) is 0. The summed E-state index contributed by atoms with van der Waals surface area (Å²) in [5.74, 6) is -0.349. The van der Waals surface area contributed by atoms with Crippen LogP contribution in [-0.2, 0) is 14.6 Å². The van der Waals surface area contributed by atoms with Crippen LogP contribution in [-0.4, -0.2) is 56.1 Å². The van der Waals surface area contributed by atoms with E-state index in [-0.39, 0.29) is 29.0 Å². The molecule has 0 radical (unpaired) electrons. The van der Waals surface area contributed by atoms with Gasteiger partial charge in [-0.15, -0.1) is 0 Å². The molecule has 8 heteroatoms. The van der Waals surface area contributed by atoms with E-state index >= 15 is 0 Å². The van der Waals surface area contributed by atoms with E-state index in [1.54, 1.807) is 42.3 Å². The smallest absolute Gasteiger partial charge is 0.223 e. The molecular weight excluding hydrogens is 458 g/mol. The average molecular weight is 486 g/mol. The first-order chi connectivity index (χ1) is 15.7. The Morgan fingerprint density at radius 3 is 2.64 bits per heavy atom. The lowest BCUT2D eigenvalue weighted by Crippen LogP contribution is -2.46. The normalized spacial score (nSPS) is 15.1. The van der Waals surface area contributed by atoms with Gasteiger partial charge in [0.2, 0.25) is 5.91 Å². The minimum atomic E-state index is -3.58. The molecular formula is C25H28ClN3O3S. The summed E-state index contributed by atoms with van der Waals surface area (Å²) in [6, 6.07) is 14.5. The molecule has 174 valence electrons. The topological polar surface area (TPSA) is 70.6 Å². The molecule has 3 aromatic rings. The fraction of sp³-hybridized carbons (Fsp3) is 0.360. The van der Waals surface area contributed by atoms with Gasteiger partial charge in [-0.2, -0.15) is 0 Å². The van der Waals surface area contributed by atoms with E-state index in [0.717, 1.165) is 48.1 Å². The summed E-state index contributed by atoms with van der Waals surface area (Å²) in [5.41, 5.74) is 2.13. The number of benzene rings is 2. The van der Waals surface area contributed by atoms with E-state index in [1.165, 1.54) is 0 Å². The van der Waals surface area contributed by atoms with Crippen LogP contribution in [0, 0.1) is 6.92 Å². The second-order valence-corrected chi connectivity index (χ2v) is 11.1. The number of anilines is 1. The maximum absolute atomic E-state index is 12.9. The van der Waals surface area contributed by atoms with E-state index in [2.05, 4.69) is 16.0 Å². The quantitative estimate of drug-likeness (QED) is 0.514. The van der Waals surface area contributed by atoms with Crippen molar-refractivity contribution in [3.63, 3.8) is 0 Å². The molecule has 1 fully saturated rings. The molecule has 0 spiro atoms. The Hall–Kier alpha value is -2.64. The Labute approximate surface area is 200 Å². The van der Waals surface area contributed by atoms with E-state index in [1.807, 2.05) is 25.3 Å². The number of carbonyl (C=O) groups is 1. The van der Waals surface area contributed by atoms with Crippen LogP contribution in [0.15, 0.2) is 59.6 Å². The van der Waals surface area contributed by atoms with Gasteiger partial charge in [-0.3, -0.25) is 9.78 Å². The molecule has 1 aliphatic heterocycles. The molecule has 0 atom stereocenters. The number of carbonyl (C=O) groups excluding carboxylic acids is 1. The maximum Gasteiger partial charge on any atom is 0.223 e. The third kappa shape index (κ3) is 5.31. The van der Waals surface area contributed by atoms with Gasteiger partial charge in [0.15, 0.2) is 9.84 Å². The van der Waals surface area contributed by atoms with Gasteiger partial charge in [-0.25, -0.2) is 8.42 Å². The Morgan fingerprint density at radius 1 is 1.15 bits per heavy atom. The van der Waals surface area contributed by atoms with E-state index in [0.29, 0.717) is 5.02 Å². The average Bonchev–Trinajstić information content (AvgIpc) is 2.82. The Kier molecular flexibility index (Phi) is 6.91. The van der Waals surface area contributed by atoms with Crippen molar-refractivity contribution < 1.29 is 13.2 Å². The molecule has 1 aliphatic rings. The molecule has 4 rings (SSSR count). The minimum absolute atomic E-state index is 0.0316. The van der Waals surface area contributed by atoms with Gasteiger partial charge in [0, 0.05) is 60.6 Å². The van der Waals surface area contributed by atoms with Crippen LogP contribution >= 0.6 is 11.6 Å². The molecule has 6 nitrogen and oxygen atoms in total. The number of halogens is 1. The lowest BCUT2D eigenvalue weighted by molar-refractivity contribution is -0.131. The standard InChI is InChI=1S/C25H28ClN3O3S/c1-18-16-21(8-12-27-18)29-13-9-20(10-14-29)28(2)25(30)11-15-33(31,32)22-6-7-23-19(17-22)4-3-5-24(23)26/h3-8,12,16-17,20H,9-11,13-15H2,1-2H3. The van der Waals surface area contributed by atoms with Gasteiger partial charge >= 0.3 is 0 Å². The minimum Gasteiger partial charge on any atom is -0.371 e. The molecule has 0 unspecified atom stereocenters. The van der Waals surface area contributed by atoms with Crippen molar-refractivity contribution in [2.24, 2.45) is 0 Å². The highest BCUT2D eigenvalue weighted by Gasteiger charge is 2.27. The summed E-state index contributed by atoms with van der Waals surface area (Å²) in [6.07, 6.45) is 3.48. The Balaban J connectivity index is 1.34. The summed E-state index contributed by atoms with van der Waals surface area (Å²) in [6.45, 7) is 3.68. The first-order valence-corrected chi connectivity index (χ1v) is 13.1. The van der Waals surface area contributed by atoms with Gasteiger partial charge < -0.3 is 9.80 Å². The lowest BCUT2D eigenvalue weighted by atomic mass is 10.0. The van der Waals surface area contributed by atoms with Gasteiger partial charge in [0.05, 0.1) is 10.6 Å². The zero-order chi connectivity index (χ0) is 23.6. The number of piperidine rings is 1. The van der Waals surface area contributed by atoms with E-state index in [4.69, 9.17) is 11.6 Å². The molecule has 2 heterocycles. The Morgan fingerprint density at radius 2 is 1.91 bits per heavy atom. The highest BCUT2D eigenvalue weighted by molar-refractivity contribution is 7.91. The summed E-state index contributed by atoms with van der Waals surface area (Å²) >= 11 is 6.18. The number of fused-ring (bicyclic) bond motifs is 1. The van der Waals surface area contributed by atoms with Gasteiger partial charge in [-0.05, 0) is 55.5 Å². The molecule has 1 aromatic heterocycles. The third-order valence-corrected chi connectivity index (χ3v) is 8.44. The molecule has 0 N–H and O–H groups in total.